The third-order valence-corrected chi connectivity index (χ3v) is 4.72. The van der Waals surface area contributed by atoms with Gasteiger partial charge in [-0.15, -0.1) is 0 Å². The monoisotopic (exact) mass is 360 g/mol. The largest absolute Gasteiger partial charge is 0.505 e. The lowest BCUT2D eigenvalue weighted by Crippen LogP contribution is -2.17. The highest BCUT2D eigenvalue weighted by Gasteiger charge is 2.23. The normalized spacial score (nSPS) is 12.6. The summed E-state index contributed by atoms with van der Waals surface area (Å²) in [5.74, 6) is 0.321. The molecular weight excluding hydrogens is 332 g/mol. The number of hydrogen-bond acceptors (Lipinski definition) is 3. The van der Waals surface area contributed by atoms with E-state index in [0.717, 1.165) is 28.9 Å². The Bertz CT molecular complexity index is 884. The third-order valence-electron chi connectivity index (χ3n) is 4.72. The molecule has 1 unspecified atom stereocenters. The Morgan fingerprint density at radius 2 is 1.70 bits per heavy atom. The molecule has 2 aromatic carbocycles. The van der Waals surface area contributed by atoms with Gasteiger partial charge in [-0.3, -0.25) is 4.98 Å². The first kappa shape index (κ1) is 19.0. The van der Waals surface area contributed by atoms with Crippen LogP contribution in [0.4, 0.5) is 5.69 Å². The van der Waals surface area contributed by atoms with E-state index in [1.54, 1.807) is 0 Å². The molecule has 1 aromatic heterocycles. The third kappa shape index (κ3) is 4.68. The molecule has 1 heterocycles. The maximum atomic E-state index is 10.9. The molecule has 0 aliphatic rings. The molecule has 1 atom stereocenters. The van der Waals surface area contributed by atoms with Crippen molar-refractivity contribution in [3.05, 3.63) is 89.2 Å². The van der Waals surface area contributed by atoms with Crippen LogP contribution in [0.2, 0.25) is 0 Å². The van der Waals surface area contributed by atoms with Crippen LogP contribution in [0, 0.1) is 6.92 Å². The number of phenols is 1. The minimum atomic E-state index is -0.132. The highest BCUT2D eigenvalue weighted by molar-refractivity contribution is 5.63. The van der Waals surface area contributed by atoms with Crippen LogP contribution < -0.4 is 5.32 Å². The van der Waals surface area contributed by atoms with Gasteiger partial charge in [0.15, 0.2) is 0 Å². The summed E-state index contributed by atoms with van der Waals surface area (Å²) in [7, 11) is 0. The minimum absolute atomic E-state index is 0.0332. The Labute approximate surface area is 162 Å². The smallest absolute Gasteiger partial charge is 0.142 e. The number of aromatic nitrogens is 1. The lowest BCUT2D eigenvalue weighted by atomic mass is 9.85. The van der Waals surface area contributed by atoms with Crippen LogP contribution in [0.3, 0.4) is 0 Å². The number of pyridine rings is 1. The molecule has 2 N–H and O–H groups in total. The molecule has 0 aliphatic heterocycles. The predicted octanol–water partition coefficient (Wildman–Crippen LogP) is 5.79. The summed E-state index contributed by atoms with van der Waals surface area (Å²) >= 11 is 0. The van der Waals surface area contributed by atoms with Gasteiger partial charge in [0.1, 0.15) is 5.75 Å². The lowest BCUT2D eigenvalue weighted by molar-refractivity contribution is 0.447. The van der Waals surface area contributed by atoms with Gasteiger partial charge in [-0.25, -0.2) is 0 Å². The van der Waals surface area contributed by atoms with Gasteiger partial charge in [0.05, 0.1) is 17.4 Å². The Kier molecular flexibility index (Phi) is 5.50. The fourth-order valence-electron chi connectivity index (χ4n) is 3.31. The van der Waals surface area contributed by atoms with Gasteiger partial charge in [-0.05, 0) is 48.1 Å². The van der Waals surface area contributed by atoms with Gasteiger partial charge in [0, 0.05) is 11.8 Å². The average molecular weight is 361 g/mol. The summed E-state index contributed by atoms with van der Waals surface area (Å²) in [6.07, 6.45) is 2.60. The van der Waals surface area contributed by atoms with Crippen molar-refractivity contribution in [3.63, 3.8) is 0 Å². The molecule has 0 saturated heterocycles. The number of rotatable bonds is 5. The van der Waals surface area contributed by atoms with Crippen molar-refractivity contribution in [1.82, 2.24) is 4.98 Å². The zero-order valence-electron chi connectivity index (χ0n) is 16.5. The number of aryl methyl sites for hydroxylation is 1. The van der Waals surface area contributed by atoms with Crippen LogP contribution >= 0.6 is 0 Å². The fourth-order valence-corrected chi connectivity index (χ4v) is 3.31. The SMILES string of the molecule is Cc1cc(NC(Cc2ccccc2)c2ccccn2)c(O)c(C(C)(C)C)c1. The summed E-state index contributed by atoms with van der Waals surface area (Å²) in [6, 6.07) is 20.3. The van der Waals surface area contributed by atoms with Crippen molar-refractivity contribution in [2.24, 2.45) is 0 Å². The van der Waals surface area contributed by atoms with E-state index in [4.69, 9.17) is 0 Å². The van der Waals surface area contributed by atoms with Crippen LogP contribution in [-0.2, 0) is 11.8 Å². The molecular formula is C24H28N2O. The average Bonchev–Trinajstić information content (AvgIpc) is 2.64. The first-order valence-electron chi connectivity index (χ1n) is 9.40. The van der Waals surface area contributed by atoms with Crippen LogP contribution in [0.25, 0.3) is 0 Å². The van der Waals surface area contributed by atoms with Gasteiger partial charge in [0.2, 0.25) is 0 Å². The fraction of sp³-hybridized carbons (Fsp3) is 0.292. The van der Waals surface area contributed by atoms with E-state index >= 15 is 0 Å². The second-order valence-corrected chi connectivity index (χ2v) is 8.10. The molecule has 0 spiro atoms. The summed E-state index contributed by atoms with van der Waals surface area (Å²) < 4.78 is 0. The Morgan fingerprint density at radius 1 is 1.00 bits per heavy atom. The van der Waals surface area contributed by atoms with E-state index in [0.29, 0.717) is 5.75 Å². The van der Waals surface area contributed by atoms with Crippen molar-refractivity contribution in [2.75, 3.05) is 5.32 Å². The predicted molar refractivity (Wildman–Crippen MR) is 112 cm³/mol. The molecule has 0 radical (unpaired) electrons. The second kappa shape index (κ2) is 7.83. The molecule has 3 nitrogen and oxygen atoms in total. The number of anilines is 1. The van der Waals surface area contributed by atoms with Gasteiger partial charge < -0.3 is 10.4 Å². The maximum absolute atomic E-state index is 10.9. The Morgan fingerprint density at radius 3 is 2.33 bits per heavy atom. The summed E-state index contributed by atoms with van der Waals surface area (Å²) in [6.45, 7) is 8.41. The van der Waals surface area contributed by atoms with Gasteiger partial charge in [0.25, 0.3) is 0 Å². The van der Waals surface area contributed by atoms with E-state index in [-0.39, 0.29) is 11.5 Å². The number of nitrogens with zero attached hydrogens (tertiary/aromatic N) is 1. The van der Waals surface area contributed by atoms with Crippen molar-refractivity contribution < 1.29 is 5.11 Å². The van der Waals surface area contributed by atoms with E-state index < -0.39 is 0 Å². The quantitative estimate of drug-likeness (QED) is 0.566. The standard InChI is InChI=1S/C24H28N2O/c1-17-14-19(24(2,3)4)23(27)22(15-17)26-21(20-12-8-9-13-25-20)16-18-10-6-5-7-11-18/h5-15,21,26-27H,16H2,1-4H3. The second-order valence-electron chi connectivity index (χ2n) is 8.10. The van der Waals surface area contributed by atoms with E-state index in [2.05, 4.69) is 56.2 Å². The molecule has 140 valence electrons. The molecule has 3 aromatic rings. The summed E-state index contributed by atoms with van der Waals surface area (Å²) in [5.41, 5.74) is 4.88. The Balaban J connectivity index is 1.99. The number of aromatic hydroxyl groups is 1. The number of phenolic OH excluding ortho intramolecular Hbond substituents is 1. The number of nitrogens with one attached hydrogen (secondary N) is 1. The highest BCUT2D eigenvalue weighted by Crippen LogP contribution is 2.39. The zero-order chi connectivity index (χ0) is 19.4. The molecule has 0 bridgehead atoms. The van der Waals surface area contributed by atoms with Crippen LogP contribution in [0.1, 0.15) is 49.2 Å². The molecule has 0 fully saturated rings. The van der Waals surface area contributed by atoms with Crippen molar-refractivity contribution in [1.29, 1.82) is 0 Å². The van der Waals surface area contributed by atoms with E-state index in [1.165, 1.54) is 5.56 Å². The molecule has 0 aliphatic carbocycles. The van der Waals surface area contributed by atoms with Gasteiger partial charge >= 0.3 is 0 Å². The number of hydrogen-bond donors (Lipinski definition) is 2. The lowest BCUT2D eigenvalue weighted by Gasteiger charge is -2.26. The topological polar surface area (TPSA) is 45.2 Å². The first-order chi connectivity index (χ1) is 12.8. The highest BCUT2D eigenvalue weighted by atomic mass is 16.3. The van der Waals surface area contributed by atoms with Crippen molar-refractivity contribution >= 4 is 5.69 Å². The molecule has 27 heavy (non-hydrogen) atoms. The van der Waals surface area contributed by atoms with Gasteiger partial charge in [-0.2, -0.15) is 0 Å². The maximum Gasteiger partial charge on any atom is 0.142 e. The minimum Gasteiger partial charge on any atom is -0.505 e. The van der Waals surface area contributed by atoms with Crippen molar-refractivity contribution in [3.8, 4) is 5.75 Å². The number of benzene rings is 2. The van der Waals surface area contributed by atoms with E-state index in [1.807, 2.05) is 48.7 Å². The van der Waals surface area contributed by atoms with Crippen LogP contribution in [0.5, 0.6) is 5.75 Å². The van der Waals surface area contributed by atoms with E-state index in [9.17, 15) is 5.11 Å². The summed E-state index contributed by atoms with van der Waals surface area (Å²) in [5, 5.41) is 14.5. The molecule has 3 rings (SSSR count). The first-order valence-corrected chi connectivity index (χ1v) is 9.40. The zero-order valence-corrected chi connectivity index (χ0v) is 16.5. The molecule has 0 saturated carbocycles. The van der Waals surface area contributed by atoms with Crippen molar-refractivity contribution in [2.45, 2.75) is 45.6 Å². The molecule has 3 heteroatoms. The summed E-state index contributed by atoms with van der Waals surface area (Å²) in [4.78, 5) is 4.55. The van der Waals surface area contributed by atoms with Crippen LogP contribution in [-0.4, -0.2) is 10.1 Å². The van der Waals surface area contributed by atoms with Crippen LogP contribution in [0.15, 0.2) is 66.9 Å². The Hall–Kier alpha value is -2.81. The molecule has 0 amide bonds. The van der Waals surface area contributed by atoms with Gasteiger partial charge in [-0.1, -0.05) is 63.2 Å².